The fourth-order valence-electron chi connectivity index (χ4n) is 11.2. The quantitative estimate of drug-likeness (QED) is 0.211. The van der Waals surface area contributed by atoms with Gasteiger partial charge < -0.3 is 0 Å². The van der Waals surface area contributed by atoms with Crippen molar-refractivity contribution >= 4 is 0 Å². The van der Waals surface area contributed by atoms with Crippen LogP contribution in [0.25, 0.3) is 45.3 Å². The summed E-state index contributed by atoms with van der Waals surface area (Å²) in [4.78, 5) is 19.9. The molecule has 2 aromatic heterocycles. The Morgan fingerprint density at radius 3 is 1.68 bits per heavy atom. The number of pyridine rings is 1. The Balaban J connectivity index is 1.20. The van der Waals surface area contributed by atoms with Crippen LogP contribution in [-0.4, -0.2) is 19.9 Å². The molecule has 4 unspecified atom stereocenters. The van der Waals surface area contributed by atoms with Gasteiger partial charge in [0.1, 0.15) is 0 Å². The van der Waals surface area contributed by atoms with Crippen molar-refractivity contribution in [3.8, 4) is 45.3 Å². The molecule has 216 valence electrons. The van der Waals surface area contributed by atoms with E-state index in [9.17, 15) is 0 Å². The maximum atomic E-state index is 5.18. The molecule has 2 heterocycles. The van der Waals surface area contributed by atoms with Crippen LogP contribution < -0.4 is 0 Å². The summed E-state index contributed by atoms with van der Waals surface area (Å²) in [5.41, 5.74) is 7.33. The largest absolute Gasteiger partial charge is 0.264 e. The molecule has 4 nitrogen and oxygen atoms in total. The van der Waals surface area contributed by atoms with Crippen LogP contribution in [0.15, 0.2) is 103 Å². The van der Waals surface area contributed by atoms with Crippen LogP contribution in [0.3, 0.4) is 0 Å². The van der Waals surface area contributed by atoms with Gasteiger partial charge in [0.15, 0.2) is 17.5 Å². The summed E-state index contributed by atoms with van der Waals surface area (Å²) in [5.74, 6) is 8.53. The predicted molar refractivity (Wildman–Crippen MR) is 173 cm³/mol. The third-order valence-corrected chi connectivity index (χ3v) is 12.5. The molecule has 7 fully saturated rings. The molecule has 12 rings (SSSR count). The Hall–Kier alpha value is -4.18. The van der Waals surface area contributed by atoms with E-state index in [1.807, 2.05) is 24.5 Å². The van der Waals surface area contributed by atoms with Gasteiger partial charge in [0.05, 0.1) is 0 Å². The number of hydrogen-bond donors (Lipinski definition) is 0. The number of benzene rings is 3. The molecule has 7 aliphatic carbocycles. The topological polar surface area (TPSA) is 51.6 Å². The van der Waals surface area contributed by atoms with E-state index < -0.39 is 0 Å². The van der Waals surface area contributed by atoms with Crippen molar-refractivity contribution in [2.75, 3.05) is 0 Å². The van der Waals surface area contributed by atoms with Gasteiger partial charge in [0.25, 0.3) is 0 Å². The molecule has 0 spiro atoms. The van der Waals surface area contributed by atoms with Crippen LogP contribution in [0, 0.1) is 41.4 Å². The Kier molecular flexibility index (Phi) is 5.38. The zero-order chi connectivity index (χ0) is 28.8. The monoisotopic (exact) mass is 572 g/mol. The first-order valence-electron chi connectivity index (χ1n) is 16.7. The molecule has 0 N–H and O–H groups in total. The highest BCUT2D eigenvalue weighted by atomic mass is 15.0. The normalized spacial score (nSPS) is 32.3. The maximum absolute atomic E-state index is 5.18. The lowest BCUT2D eigenvalue weighted by molar-refractivity contribution is -0.220. The minimum atomic E-state index is 0.286. The molecule has 0 saturated heterocycles. The van der Waals surface area contributed by atoms with Crippen molar-refractivity contribution in [2.45, 2.75) is 43.9 Å². The second-order valence-electron chi connectivity index (χ2n) is 14.4. The van der Waals surface area contributed by atoms with Gasteiger partial charge >= 0.3 is 0 Å². The molecule has 8 bridgehead atoms. The predicted octanol–water partition coefficient (Wildman–Crippen LogP) is 8.89. The van der Waals surface area contributed by atoms with E-state index >= 15 is 0 Å². The molecule has 4 heteroatoms. The molecule has 44 heavy (non-hydrogen) atoms. The average Bonchev–Trinajstić information content (AvgIpc) is 3.11. The first-order chi connectivity index (χ1) is 21.7. The highest BCUT2D eigenvalue weighted by molar-refractivity contribution is 5.74. The smallest absolute Gasteiger partial charge is 0.164 e. The van der Waals surface area contributed by atoms with Crippen molar-refractivity contribution in [1.82, 2.24) is 19.9 Å². The first kappa shape index (κ1) is 25.2. The van der Waals surface area contributed by atoms with Crippen molar-refractivity contribution in [2.24, 2.45) is 41.4 Å². The van der Waals surface area contributed by atoms with Gasteiger partial charge in [-0.15, -0.1) is 0 Å². The minimum Gasteiger partial charge on any atom is -0.264 e. The van der Waals surface area contributed by atoms with E-state index in [4.69, 9.17) is 15.0 Å². The first-order valence-corrected chi connectivity index (χ1v) is 16.7. The molecule has 4 atom stereocenters. The molecular formula is C40H36N4. The summed E-state index contributed by atoms with van der Waals surface area (Å²) in [6.45, 7) is 0. The van der Waals surface area contributed by atoms with E-state index in [0.29, 0.717) is 0 Å². The van der Waals surface area contributed by atoms with E-state index in [-0.39, 0.29) is 5.41 Å². The van der Waals surface area contributed by atoms with E-state index in [0.717, 1.165) is 81.2 Å². The molecule has 0 radical (unpaired) electrons. The fourth-order valence-corrected chi connectivity index (χ4v) is 11.2. The molecular weight excluding hydrogens is 536 g/mol. The molecule has 7 saturated carbocycles. The van der Waals surface area contributed by atoms with Crippen molar-refractivity contribution < 1.29 is 0 Å². The van der Waals surface area contributed by atoms with Crippen molar-refractivity contribution in [3.05, 3.63) is 109 Å². The lowest BCUT2D eigenvalue weighted by Gasteiger charge is -2.74. The Morgan fingerprint density at radius 2 is 1.07 bits per heavy atom. The zero-order valence-electron chi connectivity index (χ0n) is 24.9. The lowest BCUT2D eigenvalue weighted by atomic mass is 9.30. The van der Waals surface area contributed by atoms with Crippen LogP contribution in [0.5, 0.6) is 0 Å². The number of nitrogens with zero attached hydrogens (tertiary/aromatic N) is 4. The molecule has 7 aliphatic rings. The van der Waals surface area contributed by atoms with E-state index in [1.165, 1.54) is 44.1 Å². The van der Waals surface area contributed by atoms with Gasteiger partial charge in [0, 0.05) is 40.1 Å². The van der Waals surface area contributed by atoms with Crippen LogP contribution in [0.2, 0.25) is 0 Å². The minimum absolute atomic E-state index is 0.286. The fraction of sp³-hybridized carbons (Fsp3) is 0.350. The highest BCUT2D eigenvalue weighted by Crippen LogP contribution is 2.76. The molecule has 0 amide bonds. The summed E-state index contributed by atoms with van der Waals surface area (Å²) in [6, 6.07) is 32.3. The number of hydrogen-bond acceptors (Lipinski definition) is 4. The zero-order valence-corrected chi connectivity index (χ0v) is 24.9. The maximum Gasteiger partial charge on any atom is 0.164 e. The van der Waals surface area contributed by atoms with E-state index in [1.54, 1.807) is 5.56 Å². The molecule has 5 aromatic rings. The lowest BCUT2D eigenvalue weighted by Crippen LogP contribution is -2.69. The van der Waals surface area contributed by atoms with E-state index in [2.05, 4.69) is 83.8 Å². The van der Waals surface area contributed by atoms with Gasteiger partial charge in [-0.05, 0) is 109 Å². The second kappa shape index (κ2) is 9.41. The summed E-state index contributed by atoms with van der Waals surface area (Å²) < 4.78 is 0. The van der Waals surface area contributed by atoms with Crippen LogP contribution in [-0.2, 0) is 5.41 Å². The summed E-state index contributed by atoms with van der Waals surface area (Å²) in [5, 5.41) is 0. The Labute approximate surface area is 259 Å². The third-order valence-electron chi connectivity index (χ3n) is 12.5. The summed E-state index contributed by atoms with van der Waals surface area (Å²) in [7, 11) is 0. The van der Waals surface area contributed by atoms with Gasteiger partial charge in [-0.1, -0.05) is 72.8 Å². The third kappa shape index (κ3) is 3.63. The van der Waals surface area contributed by atoms with Gasteiger partial charge in [-0.25, -0.2) is 15.0 Å². The second-order valence-corrected chi connectivity index (χ2v) is 14.4. The molecule has 3 aromatic carbocycles. The number of rotatable bonds is 5. The SMILES string of the molecule is c1ccc(-c2nc(-c3ccccc3)nc(-c3cc(-c4cccnc4)cc(C45CC6CC7C8CC(CC74)CC5C8C6)c3)n2)cc1. The van der Waals surface area contributed by atoms with Crippen molar-refractivity contribution in [3.63, 3.8) is 0 Å². The van der Waals surface area contributed by atoms with Crippen LogP contribution >= 0.6 is 0 Å². The van der Waals surface area contributed by atoms with Gasteiger partial charge in [0.2, 0.25) is 0 Å². The average molecular weight is 573 g/mol. The van der Waals surface area contributed by atoms with Crippen molar-refractivity contribution in [1.29, 1.82) is 0 Å². The highest BCUT2D eigenvalue weighted by Gasteiger charge is 2.70. The number of aromatic nitrogens is 4. The molecule has 0 aliphatic heterocycles. The Morgan fingerprint density at radius 1 is 0.500 bits per heavy atom. The standard InChI is InChI=1S/C40H36N4/c1-3-8-26(9-4-1)37-42-38(27-10-5-2-6-11-27)44-39(43-37)30-19-29(28-12-7-13-41-23-28)20-31(21-30)40-22-25-15-33-32-14-24(17-35(33)40)18-36(40)34(32)16-25/h1-13,19-21,23-25,32-36H,14-18,22H2. The van der Waals surface area contributed by atoms with Gasteiger partial charge in [-0.3, -0.25) is 4.98 Å². The van der Waals surface area contributed by atoms with Crippen LogP contribution in [0.1, 0.15) is 44.1 Å². The Bertz CT molecular complexity index is 1790. The van der Waals surface area contributed by atoms with Crippen LogP contribution in [0.4, 0.5) is 0 Å². The summed E-state index contributed by atoms with van der Waals surface area (Å²) >= 11 is 0. The van der Waals surface area contributed by atoms with Gasteiger partial charge in [-0.2, -0.15) is 0 Å². The summed E-state index contributed by atoms with van der Waals surface area (Å²) in [6.07, 6.45) is 12.6.